The molecular formula is C46H50N4Pt. The molecule has 3 aromatic carbocycles. The van der Waals surface area contributed by atoms with E-state index >= 15 is 0 Å². The molecule has 5 heteroatoms. The SMILES string of the molecule is CC(C)(C)c1cc(-c2cc(C(C)(C)C)ccn2)[c-]c(-c2ccc3c4cc(C(C)(C)C)ccc4n(-c4[n-]c(C(C)(C)C)c5ccccc45)c3n2)c1.[Pt+2]. The number of nitrogens with zero attached hydrogens (tertiary/aromatic N) is 4. The van der Waals surface area contributed by atoms with Crippen molar-refractivity contribution >= 4 is 32.7 Å². The number of aromatic nitrogens is 4. The van der Waals surface area contributed by atoms with Crippen LogP contribution < -0.4 is 4.98 Å². The number of hydrogen-bond donors (Lipinski definition) is 0. The van der Waals surface area contributed by atoms with Crippen molar-refractivity contribution in [3.63, 3.8) is 0 Å². The van der Waals surface area contributed by atoms with E-state index in [1.165, 1.54) is 27.5 Å². The number of pyridine rings is 2. The number of hydrogen-bond acceptors (Lipinski definition) is 2. The Balaban J connectivity index is 0.00000448. The van der Waals surface area contributed by atoms with Gasteiger partial charge in [0.25, 0.3) is 0 Å². The molecule has 0 saturated heterocycles. The van der Waals surface area contributed by atoms with Crippen LogP contribution in [0.15, 0.2) is 85.1 Å². The monoisotopic (exact) mass is 853 g/mol. The fourth-order valence-corrected chi connectivity index (χ4v) is 6.90. The van der Waals surface area contributed by atoms with Gasteiger partial charge in [0.2, 0.25) is 0 Å². The normalized spacial score (nSPS) is 12.9. The average Bonchev–Trinajstić information content (AvgIpc) is 3.58. The van der Waals surface area contributed by atoms with Gasteiger partial charge in [-0.05, 0) is 66.3 Å². The first-order chi connectivity index (χ1) is 23.3. The number of fused-ring (bicyclic) bond motifs is 4. The Morgan fingerprint density at radius 1 is 0.549 bits per heavy atom. The molecule has 0 amide bonds. The molecule has 51 heavy (non-hydrogen) atoms. The first kappa shape index (κ1) is 36.8. The predicted molar refractivity (Wildman–Crippen MR) is 212 cm³/mol. The Hall–Kier alpha value is -4.01. The fraction of sp³-hybridized carbons (Fsp3) is 0.348. The fourth-order valence-electron chi connectivity index (χ4n) is 6.90. The molecule has 4 heterocycles. The van der Waals surface area contributed by atoms with Gasteiger partial charge in [-0.15, -0.1) is 23.8 Å². The second kappa shape index (κ2) is 12.6. The molecule has 7 rings (SSSR count). The van der Waals surface area contributed by atoms with Crippen molar-refractivity contribution in [1.29, 1.82) is 0 Å². The smallest absolute Gasteiger partial charge is 0.438 e. The molecule has 0 fully saturated rings. The Labute approximate surface area is 318 Å². The third-order valence-corrected chi connectivity index (χ3v) is 9.96. The van der Waals surface area contributed by atoms with Gasteiger partial charge in [-0.3, -0.25) is 9.97 Å². The molecule has 0 N–H and O–H groups in total. The van der Waals surface area contributed by atoms with Crippen LogP contribution in [0.5, 0.6) is 0 Å². The summed E-state index contributed by atoms with van der Waals surface area (Å²) in [6, 6.07) is 32.5. The average molecular weight is 854 g/mol. The van der Waals surface area contributed by atoms with Crippen LogP contribution in [0.2, 0.25) is 0 Å². The van der Waals surface area contributed by atoms with Crippen LogP contribution in [-0.4, -0.2) is 14.5 Å². The minimum absolute atomic E-state index is 0. The van der Waals surface area contributed by atoms with Crippen LogP contribution in [0.25, 0.3) is 61.0 Å². The van der Waals surface area contributed by atoms with Crippen LogP contribution in [0, 0.1) is 6.07 Å². The van der Waals surface area contributed by atoms with Crippen molar-refractivity contribution < 1.29 is 21.1 Å². The minimum Gasteiger partial charge on any atom is -0.438 e. The zero-order valence-electron chi connectivity index (χ0n) is 32.2. The maximum absolute atomic E-state index is 5.52. The quantitative estimate of drug-likeness (QED) is 0.166. The van der Waals surface area contributed by atoms with E-state index in [1.54, 1.807) is 0 Å². The zero-order valence-corrected chi connectivity index (χ0v) is 34.5. The molecule has 0 spiro atoms. The van der Waals surface area contributed by atoms with Gasteiger partial charge >= 0.3 is 21.1 Å². The second-order valence-electron chi connectivity index (χ2n) is 18.1. The summed E-state index contributed by atoms with van der Waals surface area (Å²) < 4.78 is 2.29. The van der Waals surface area contributed by atoms with Crippen molar-refractivity contribution in [3.05, 3.63) is 114 Å². The van der Waals surface area contributed by atoms with Crippen molar-refractivity contribution in [1.82, 2.24) is 19.5 Å². The molecule has 0 saturated carbocycles. The largest absolute Gasteiger partial charge is 2.00 e. The Bertz CT molecular complexity index is 2410. The van der Waals surface area contributed by atoms with Crippen LogP contribution >= 0.6 is 0 Å². The number of rotatable bonds is 3. The summed E-state index contributed by atoms with van der Waals surface area (Å²) in [6.07, 6.45) is 1.92. The molecule has 0 aliphatic rings. The molecule has 264 valence electrons. The summed E-state index contributed by atoms with van der Waals surface area (Å²) in [6.45, 7) is 27.0. The maximum atomic E-state index is 5.52. The molecule has 0 atom stereocenters. The van der Waals surface area contributed by atoms with Crippen molar-refractivity contribution in [2.45, 2.75) is 105 Å². The summed E-state index contributed by atoms with van der Waals surface area (Å²) in [5, 5.41) is 4.63. The van der Waals surface area contributed by atoms with E-state index in [2.05, 4.69) is 173 Å². The van der Waals surface area contributed by atoms with Gasteiger partial charge in [0.15, 0.2) is 0 Å². The van der Waals surface area contributed by atoms with E-state index in [1.807, 2.05) is 6.20 Å². The van der Waals surface area contributed by atoms with Crippen LogP contribution in [0.4, 0.5) is 0 Å². The van der Waals surface area contributed by atoms with Crippen molar-refractivity contribution in [3.8, 4) is 28.3 Å². The van der Waals surface area contributed by atoms with E-state index in [4.69, 9.17) is 15.0 Å². The zero-order chi connectivity index (χ0) is 36.0. The summed E-state index contributed by atoms with van der Waals surface area (Å²) in [5.41, 5.74) is 10.4. The Morgan fingerprint density at radius 2 is 1.16 bits per heavy atom. The standard InChI is InChI=1S/C46H50N4.Pt/c1-43(2,3)30-17-20-39-36(26-30)35-18-19-37(48-41(35)50(39)42-34-16-14-13-15-33(34)40(49-42)46(10,11)12)28-23-29(25-32(24-28)45(7,8)9)38-27-31(21-22-47-38)44(4,5)6;/h13-22,24-27H,1-12H3;/q-2;+2. The molecule has 0 bridgehead atoms. The van der Waals surface area contributed by atoms with Gasteiger partial charge in [0.1, 0.15) is 0 Å². The van der Waals surface area contributed by atoms with Gasteiger partial charge in [0, 0.05) is 23.0 Å². The second-order valence-corrected chi connectivity index (χ2v) is 18.1. The molecule has 0 unspecified atom stereocenters. The molecule has 0 radical (unpaired) electrons. The van der Waals surface area contributed by atoms with Gasteiger partial charge in [0.05, 0.1) is 5.65 Å². The van der Waals surface area contributed by atoms with Crippen molar-refractivity contribution in [2.24, 2.45) is 0 Å². The third kappa shape index (κ3) is 6.73. The molecule has 4 aromatic heterocycles. The molecule has 4 nitrogen and oxygen atoms in total. The summed E-state index contributed by atoms with van der Waals surface area (Å²) >= 11 is 0. The van der Waals surface area contributed by atoms with Crippen LogP contribution in [0.1, 0.15) is 105 Å². The molecule has 0 aliphatic heterocycles. The maximum Gasteiger partial charge on any atom is 2.00 e. The van der Waals surface area contributed by atoms with E-state index in [9.17, 15) is 0 Å². The van der Waals surface area contributed by atoms with Crippen LogP contribution in [0.3, 0.4) is 0 Å². The van der Waals surface area contributed by atoms with E-state index in [-0.39, 0.29) is 42.7 Å². The molecular weight excluding hydrogens is 804 g/mol. The Morgan fingerprint density at radius 3 is 1.78 bits per heavy atom. The van der Waals surface area contributed by atoms with Gasteiger partial charge < -0.3 is 9.55 Å². The first-order valence-corrected chi connectivity index (χ1v) is 17.9. The topological polar surface area (TPSA) is 44.8 Å². The van der Waals surface area contributed by atoms with E-state index in [0.29, 0.717) is 0 Å². The van der Waals surface area contributed by atoms with E-state index < -0.39 is 0 Å². The van der Waals surface area contributed by atoms with Gasteiger partial charge in [-0.25, -0.2) is 0 Å². The minimum atomic E-state index is -0.119. The summed E-state index contributed by atoms with van der Waals surface area (Å²) in [7, 11) is 0. The van der Waals surface area contributed by atoms with Crippen molar-refractivity contribution in [2.75, 3.05) is 0 Å². The predicted octanol–water partition coefficient (Wildman–Crippen LogP) is 12.0. The molecule has 7 aromatic rings. The summed E-state index contributed by atoms with van der Waals surface area (Å²) in [5.74, 6) is 0.926. The van der Waals surface area contributed by atoms with Gasteiger partial charge in [-0.1, -0.05) is 161 Å². The van der Waals surface area contributed by atoms with Crippen LogP contribution in [-0.2, 0) is 42.7 Å². The third-order valence-electron chi connectivity index (χ3n) is 9.96. The number of benzene rings is 3. The Kier molecular flexibility index (Phi) is 9.08. The van der Waals surface area contributed by atoms with E-state index in [0.717, 1.165) is 56.0 Å². The first-order valence-electron chi connectivity index (χ1n) is 17.9. The summed E-state index contributed by atoms with van der Waals surface area (Å²) in [4.78, 5) is 15.8. The molecule has 0 aliphatic carbocycles. The van der Waals surface area contributed by atoms with Gasteiger partial charge in [-0.2, -0.15) is 0 Å².